The van der Waals surface area contributed by atoms with Gasteiger partial charge in [0.15, 0.2) is 0 Å². The topological polar surface area (TPSA) is 62.4 Å². The predicted octanol–water partition coefficient (Wildman–Crippen LogP) is 1.51. The predicted molar refractivity (Wildman–Crippen MR) is 89.5 cm³/mol. The van der Waals surface area contributed by atoms with Crippen LogP contribution in [0.25, 0.3) is 11.3 Å². The Bertz CT molecular complexity index is 629. The lowest BCUT2D eigenvalue weighted by molar-refractivity contribution is -0.0182. The van der Waals surface area contributed by atoms with E-state index in [2.05, 4.69) is 33.5 Å². The van der Waals surface area contributed by atoms with Crippen molar-refractivity contribution in [3.63, 3.8) is 0 Å². The number of morpholine rings is 1. The Hall–Kier alpha value is -1.89. The van der Waals surface area contributed by atoms with Gasteiger partial charge in [-0.1, -0.05) is 12.1 Å². The second kappa shape index (κ2) is 7.59. The summed E-state index contributed by atoms with van der Waals surface area (Å²) in [6, 6.07) is 7.99. The molecule has 1 unspecified atom stereocenters. The first-order valence-electron chi connectivity index (χ1n) is 7.94. The number of nitrogens with zero attached hydrogens (tertiary/aromatic N) is 2. The Labute approximate surface area is 136 Å². The van der Waals surface area contributed by atoms with Crippen molar-refractivity contribution in [3.8, 4) is 17.0 Å². The molecule has 0 amide bonds. The Morgan fingerprint density at radius 1 is 1.48 bits per heavy atom. The van der Waals surface area contributed by atoms with Crippen LogP contribution in [0.1, 0.15) is 5.56 Å². The zero-order chi connectivity index (χ0) is 16.1. The molecule has 2 N–H and O–H groups in total. The number of methoxy groups -OCH3 is 1. The van der Waals surface area contributed by atoms with Crippen LogP contribution >= 0.6 is 0 Å². The van der Waals surface area contributed by atoms with Crippen LogP contribution in [0.15, 0.2) is 30.5 Å². The van der Waals surface area contributed by atoms with Crippen LogP contribution in [0.2, 0.25) is 0 Å². The summed E-state index contributed by atoms with van der Waals surface area (Å²) in [5.74, 6) is 0.842. The van der Waals surface area contributed by atoms with Crippen molar-refractivity contribution in [2.45, 2.75) is 12.6 Å². The monoisotopic (exact) mass is 316 g/mol. The van der Waals surface area contributed by atoms with Crippen LogP contribution in [-0.2, 0) is 11.3 Å². The molecule has 6 heteroatoms. The number of aromatic nitrogens is 2. The van der Waals surface area contributed by atoms with E-state index < -0.39 is 0 Å². The van der Waals surface area contributed by atoms with Gasteiger partial charge in [-0.3, -0.25) is 5.10 Å². The molecule has 124 valence electrons. The van der Waals surface area contributed by atoms with E-state index in [1.54, 1.807) is 7.11 Å². The van der Waals surface area contributed by atoms with Gasteiger partial charge >= 0.3 is 0 Å². The minimum atomic E-state index is 0.251. The maximum atomic E-state index is 5.77. The number of aromatic amines is 1. The average molecular weight is 316 g/mol. The largest absolute Gasteiger partial charge is 0.497 e. The van der Waals surface area contributed by atoms with Crippen molar-refractivity contribution in [1.29, 1.82) is 0 Å². The molecule has 2 aromatic rings. The van der Waals surface area contributed by atoms with Crippen molar-refractivity contribution >= 4 is 0 Å². The highest BCUT2D eigenvalue weighted by Gasteiger charge is 2.17. The number of H-pyrrole nitrogens is 1. The summed E-state index contributed by atoms with van der Waals surface area (Å²) in [6.07, 6.45) is 2.12. The van der Waals surface area contributed by atoms with E-state index in [1.165, 1.54) is 0 Å². The Balaban J connectivity index is 1.60. The summed E-state index contributed by atoms with van der Waals surface area (Å²) in [6.45, 7) is 4.39. The van der Waals surface area contributed by atoms with Crippen molar-refractivity contribution < 1.29 is 9.47 Å². The fourth-order valence-corrected chi connectivity index (χ4v) is 2.83. The second-order valence-corrected chi connectivity index (χ2v) is 5.89. The minimum absolute atomic E-state index is 0.251. The SMILES string of the molecule is COc1cccc(-c2[nH]ncc2CNCC2CN(C)CCO2)c1. The highest BCUT2D eigenvalue weighted by atomic mass is 16.5. The van der Waals surface area contributed by atoms with Crippen LogP contribution in [0.5, 0.6) is 5.75 Å². The molecule has 2 heterocycles. The third-order valence-electron chi connectivity index (χ3n) is 4.11. The van der Waals surface area contributed by atoms with Crippen molar-refractivity contribution in [2.24, 2.45) is 0 Å². The lowest BCUT2D eigenvalue weighted by Gasteiger charge is -2.30. The third-order valence-corrected chi connectivity index (χ3v) is 4.11. The first-order chi connectivity index (χ1) is 11.3. The third kappa shape index (κ3) is 4.10. The summed E-state index contributed by atoms with van der Waals surface area (Å²) in [5, 5.41) is 10.7. The fraction of sp³-hybridized carbons (Fsp3) is 0.471. The van der Waals surface area contributed by atoms with Crippen LogP contribution in [-0.4, -0.2) is 61.6 Å². The van der Waals surface area contributed by atoms with E-state index in [0.717, 1.165) is 55.4 Å². The fourth-order valence-electron chi connectivity index (χ4n) is 2.83. The van der Waals surface area contributed by atoms with Crippen LogP contribution in [0.3, 0.4) is 0 Å². The van der Waals surface area contributed by atoms with E-state index in [4.69, 9.17) is 9.47 Å². The van der Waals surface area contributed by atoms with Crippen molar-refractivity contribution in [2.75, 3.05) is 40.4 Å². The molecule has 3 rings (SSSR count). The summed E-state index contributed by atoms with van der Waals surface area (Å²) in [5.41, 5.74) is 3.24. The maximum absolute atomic E-state index is 5.77. The highest BCUT2D eigenvalue weighted by Crippen LogP contribution is 2.24. The van der Waals surface area contributed by atoms with E-state index in [0.29, 0.717) is 0 Å². The van der Waals surface area contributed by atoms with E-state index >= 15 is 0 Å². The number of nitrogens with one attached hydrogen (secondary N) is 2. The van der Waals surface area contributed by atoms with Gasteiger partial charge in [0.2, 0.25) is 0 Å². The van der Waals surface area contributed by atoms with Crippen LogP contribution < -0.4 is 10.1 Å². The van der Waals surface area contributed by atoms with Gasteiger partial charge in [-0.15, -0.1) is 0 Å². The number of hydrogen-bond donors (Lipinski definition) is 2. The lowest BCUT2D eigenvalue weighted by Crippen LogP contribution is -2.44. The standard InChI is InChI=1S/C17H24N4O2/c1-21-6-7-23-16(12-21)11-18-9-14-10-19-20-17(14)13-4-3-5-15(8-13)22-2/h3-5,8,10,16,18H,6-7,9,11-12H2,1-2H3,(H,19,20). The zero-order valence-electron chi connectivity index (χ0n) is 13.7. The summed E-state index contributed by atoms with van der Waals surface area (Å²) >= 11 is 0. The van der Waals surface area contributed by atoms with Crippen molar-refractivity contribution in [1.82, 2.24) is 20.4 Å². The quantitative estimate of drug-likeness (QED) is 0.846. The van der Waals surface area contributed by atoms with E-state index in [1.807, 2.05) is 24.4 Å². The van der Waals surface area contributed by atoms with Gasteiger partial charge < -0.3 is 19.7 Å². The average Bonchev–Trinajstić information content (AvgIpc) is 3.03. The number of likely N-dealkylation sites (N-methyl/N-ethyl adjacent to an activating group) is 1. The molecule has 1 atom stereocenters. The van der Waals surface area contributed by atoms with Gasteiger partial charge in [-0.05, 0) is 19.2 Å². The highest BCUT2D eigenvalue weighted by molar-refractivity contribution is 5.64. The summed E-state index contributed by atoms with van der Waals surface area (Å²) in [4.78, 5) is 2.30. The van der Waals surface area contributed by atoms with Gasteiger partial charge in [0.05, 0.1) is 31.7 Å². The first kappa shape index (κ1) is 16.0. The molecule has 1 aliphatic heterocycles. The molecule has 0 saturated carbocycles. The molecule has 0 aliphatic carbocycles. The Morgan fingerprint density at radius 2 is 2.39 bits per heavy atom. The minimum Gasteiger partial charge on any atom is -0.497 e. The van der Waals surface area contributed by atoms with E-state index in [9.17, 15) is 0 Å². The second-order valence-electron chi connectivity index (χ2n) is 5.89. The molecule has 1 saturated heterocycles. The molecule has 1 fully saturated rings. The molecule has 0 bridgehead atoms. The van der Waals surface area contributed by atoms with Gasteiger partial charge in [-0.2, -0.15) is 5.10 Å². The molecule has 0 radical (unpaired) electrons. The smallest absolute Gasteiger partial charge is 0.119 e. The number of ether oxygens (including phenoxy) is 2. The number of benzene rings is 1. The number of rotatable bonds is 6. The molecular weight excluding hydrogens is 292 g/mol. The van der Waals surface area contributed by atoms with E-state index in [-0.39, 0.29) is 6.10 Å². The molecule has 23 heavy (non-hydrogen) atoms. The number of hydrogen-bond acceptors (Lipinski definition) is 5. The molecule has 1 aromatic heterocycles. The van der Waals surface area contributed by atoms with Crippen LogP contribution in [0.4, 0.5) is 0 Å². The van der Waals surface area contributed by atoms with Gasteiger partial charge in [0.25, 0.3) is 0 Å². The summed E-state index contributed by atoms with van der Waals surface area (Å²) < 4.78 is 11.1. The maximum Gasteiger partial charge on any atom is 0.119 e. The van der Waals surface area contributed by atoms with Gasteiger partial charge in [0.1, 0.15) is 5.75 Å². The zero-order valence-corrected chi connectivity index (χ0v) is 13.7. The molecule has 6 nitrogen and oxygen atoms in total. The Morgan fingerprint density at radius 3 is 3.22 bits per heavy atom. The van der Waals surface area contributed by atoms with Crippen LogP contribution in [0, 0.1) is 0 Å². The first-order valence-corrected chi connectivity index (χ1v) is 7.94. The molecule has 1 aliphatic rings. The molecular formula is C17H24N4O2. The normalized spacial score (nSPS) is 19.0. The molecule has 1 aromatic carbocycles. The Kier molecular flexibility index (Phi) is 5.27. The van der Waals surface area contributed by atoms with Gasteiger partial charge in [0, 0.05) is 37.3 Å². The summed E-state index contributed by atoms with van der Waals surface area (Å²) in [7, 11) is 3.81. The molecule has 0 spiro atoms. The lowest BCUT2D eigenvalue weighted by atomic mass is 10.1. The van der Waals surface area contributed by atoms with Crippen molar-refractivity contribution in [3.05, 3.63) is 36.0 Å². The van der Waals surface area contributed by atoms with Gasteiger partial charge in [-0.25, -0.2) is 0 Å².